The Kier molecular flexibility index (Phi) is 3.32. The molecule has 2 saturated carbocycles. The molecule has 2 aromatic rings. The first-order chi connectivity index (χ1) is 10.3. The molecule has 0 aliphatic heterocycles. The molecule has 112 valence electrons. The molecule has 4 rings (SSSR count). The summed E-state index contributed by atoms with van der Waals surface area (Å²) in [5.74, 6) is 4.31. The Morgan fingerprint density at radius 3 is 2.86 bits per heavy atom. The van der Waals surface area contributed by atoms with E-state index in [4.69, 9.17) is 4.42 Å². The molecule has 0 radical (unpaired) electrons. The molecule has 2 bridgehead atoms. The van der Waals surface area contributed by atoms with Gasteiger partial charge in [0, 0.05) is 6.04 Å². The van der Waals surface area contributed by atoms with E-state index in [9.17, 15) is 0 Å². The zero-order chi connectivity index (χ0) is 14.4. The van der Waals surface area contributed by atoms with E-state index in [1.165, 1.54) is 25.7 Å². The molecule has 4 atom stereocenters. The van der Waals surface area contributed by atoms with Crippen LogP contribution in [0, 0.1) is 17.8 Å². The zero-order valence-corrected chi connectivity index (χ0v) is 13.3. The number of thioether (sulfide) groups is 1. The van der Waals surface area contributed by atoms with Gasteiger partial charge in [-0.25, -0.2) is 0 Å². The molecule has 2 aliphatic rings. The van der Waals surface area contributed by atoms with E-state index in [1.54, 1.807) is 18.0 Å². The summed E-state index contributed by atoms with van der Waals surface area (Å²) < 4.78 is 7.86. The predicted molar refractivity (Wildman–Crippen MR) is 83.2 cm³/mol. The molecule has 0 N–H and O–H groups in total. The van der Waals surface area contributed by atoms with E-state index in [1.807, 2.05) is 12.1 Å². The summed E-state index contributed by atoms with van der Waals surface area (Å²) in [4.78, 5) is 0. The molecule has 21 heavy (non-hydrogen) atoms. The lowest BCUT2D eigenvalue weighted by Gasteiger charge is -2.30. The fraction of sp³-hybridized carbons (Fsp3) is 0.625. The lowest BCUT2D eigenvalue weighted by atomic mass is 9.84. The van der Waals surface area contributed by atoms with Gasteiger partial charge in [0.2, 0.25) is 5.82 Å². The van der Waals surface area contributed by atoms with Gasteiger partial charge in [-0.2, -0.15) is 0 Å². The molecule has 4 unspecified atom stereocenters. The maximum Gasteiger partial charge on any atom is 0.200 e. The number of rotatable bonds is 4. The van der Waals surface area contributed by atoms with Crippen LogP contribution in [-0.2, 0) is 0 Å². The molecule has 0 aromatic carbocycles. The first-order valence-electron chi connectivity index (χ1n) is 7.80. The molecular weight excluding hydrogens is 282 g/mol. The quantitative estimate of drug-likeness (QED) is 0.792. The molecule has 0 saturated heterocycles. The van der Waals surface area contributed by atoms with Crippen LogP contribution < -0.4 is 0 Å². The van der Waals surface area contributed by atoms with E-state index < -0.39 is 0 Å². The summed E-state index contributed by atoms with van der Waals surface area (Å²) >= 11 is 1.67. The number of hydrogen-bond donors (Lipinski definition) is 0. The summed E-state index contributed by atoms with van der Waals surface area (Å²) in [6.07, 6.45) is 9.43. The number of aromatic nitrogens is 3. The van der Waals surface area contributed by atoms with Gasteiger partial charge in [0.15, 0.2) is 10.9 Å². The third-order valence-corrected chi connectivity index (χ3v) is 6.05. The normalized spacial score (nSPS) is 29.1. The second kappa shape index (κ2) is 5.20. The Labute approximate surface area is 129 Å². The van der Waals surface area contributed by atoms with Gasteiger partial charge in [-0.3, -0.25) is 4.57 Å². The highest BCUT2D eigenvalue weighted by Gasteiger charge is 2.43. The lowest BCUT2D eigenvalue weighted by molar-refractivity contribution is 0.235. The molecule has 2 aromatic heterocycles. The van der Waals surface area contributed by atoms with Crippen molar-refractivity contribution >= 4 is 11.8 Å². The van der Waals surface area contributed by atoms with Crippen molar-refractivity contribution in [1.82, 2.24) is 14.8 Å². The van der Waals surface area contributed by atoms with Gasteiger partial charge in [0.25, 0.3) is 0 Å². The minimum absolute atomic E-state index is 0.442. The minimum Gasteiger partial charge on any atom is -0.461 e. The Bertz CT molecular complexity index is 622. The van der Waals surface area contributed by atoms with Crippen molar-refractivity contribution in [2.24, 2.45) is 17.8 Å². The summed E-state index contributed by atoms with van der Waals surface area (Å²) in [5, 5.41) is 9.74. The monoisotopic (exact) mass is 303 g/mol. The number of furan rings is 1. The van der Waals surface area contributed by atoms with Crippen LogP contribution in [0.15, 0.2) is 28.0 Å². The van der Waals surface area contributed by atoms with Crippen molar-refractivity contribution in [1.29, 1.82) is 0 Å². The van der Waals surface area contributed by atoms with Crippen molar-refractivity contribution < 1.29 is 4.42 Å². The van der Waals surface area contributed by atoms with Crippen LogP contribution in [0.25, 0.3) is 11.6 Å². The average molecular weight is 303 g/mol. The van der Waals surface area contributed by atoms with Crippen molar-refractivity contribution in [3.63, 3.8) is 0 Å². The van der Waals surface area contributed by atoms with E-state index >= 15 is 0 Å². The average Bonchev–Trinajstić information content (AvgIpc) is 3.28. The SMILES string of the molecule is CSc1nnc(-c2ccco2)n1C(C)C1CC2CCC1C2. The van der Waals surface area contributed by atoms with Crippen LogP contribution in [0.3, 0.4) is 0 Å². The number of hydrogen-bond acceptors (Lipinski definition) is 4. The van der Waals surface area contributed by atoms with E-state index in [2.05, 4.69) is 27.9 Å². The molecule has 5 heteroatoms. The van der Waals surface area contributed by atoms with Crippen LogP contribution in [0.5, 0.6) is 0 Å². The van der Waals surface area contributed by atoms with Crippen molar-refractivity contribution in [2.75, 3.05) is 6.26 Å². The standard InChI is InChI=1S/C16H21N3OS/c1-10(13-9-11-5-6-12(13)8-11)19-15(14-4-3-7-20-14)17-18-16(19)21-2/h3-4,7,10-13H,5-6,8-9H2,1-2H3. The van der Waals surface area contributed by atoms with E-state index in [-0.39, 0.29) is 0 Å². The molecule has 2 heterocycles. The third kappa shape index (κ3) is 2.13. The van der Waals surface area contributed by atoms with Gasteiger partial charge in [0.05, 0.1) is 6.26 Å². The van der Waals surface area contributed by atoms with Gasteiger partial charge in [-0.05, 0) is 62.3 Å². The fourth-order valence-electron chi connectivity index (χ4n) is 4.43. The highest BCUT2D eigenvalue weighted by molar-refractivity contribution is 7.98. The molecule has 4 nitrogen and oxygen atoms in total. The zero-order valence-electron chi connectivity index (χ0n) is 12.5. The summed E-state index contributed by atoms with van der Waals surface area (Å²) in [6, 6.07) is 4.32. The molecule has 0 amide bonds. The molecule has 0 spiro atoms. The van der Waals surface area contributed by atoms with Gasteiger partial charge in [-0.1, -0.05) is 18.2 Å². The Morgan fingerprint density at radius 1 is 1.33 bits per heavy atom. The number of fused-ring (bicyclic) bond motifs is 2. The topological polar surface area (TPSA) is 43.9 Å². The van der Waals surface area contributed by atoms with Crippen molar-refractivity contribution in [2.45, 2.75) is 43.8 Å². The maximum absolute atomic E-state index is 5.56. The van der Waals surface area contributed by atoms with Gasteiger partial charge in [-0.15, -0.1) is 10.2 Å². The van der Waals surface area contributed by atoms with Crippen molar-refractivity contribution in [3.05, 3.63) is 18.4 Å². The second-order valence-electron chi connectivity index (χ2n) is 6.44. The van der Waals surface area contributed by atoms with Crippen molar-refractivity contribution in [3.8, 4) is 11.6 Å². The Morgan fingerprint density at radius 2 is 2.24 bits per heavy atom. The maximum atomic E-state index is 5.56. The smallest absolute Gasteiger partial charge is 0.200 e. The highest BCUT2D eigenvalue weighted by atomic mass is 32.2. The highest BCUT2D eigenvalue weighted by Crippen LogP contribution is 2.52. The van der Waals surface area contributed by atoms with Gasteiger partial charge < -0.3 is 4.42 Å². The van der Waals surface area contributed by atoms with Gasteiger partial charge >= 0.3 is 0 Å². The summed E-state index contributed by atoms with van der Waals surface area (Å²) in [6.45, 7) is 2.33. The summed E-state index contributed by atoms with van der Waals surface area (Å²) in [5.41, 5.74) is 0. The Hall–Kier alpha value is -1.23. The van der Waals surface area contributed by atoms with Crippen LogP contribution in [0.2, 0.25) is 0 Å². The Balaban J connectivity index is 1.71. The molecule has 2 fully saturated rings. The van der Waals surface area contributed by atoms with Crippen LogP contribution >= 0.6 is 11.8 Å². The van der Waals surface area contributed by atoms with Crippen LogP contribution in [0.1, 0.15) is 38.6 Å². The van der Waals surface area contributed by atoms with Gasteiger partial charge in [0.1, 0.15) is 0 Å². The summed E-state index contributed by atoms with van der Waals surface area (Å²) in [7, 11) is 0. The largest absolute Gasteiger partial charge is 0.461 e. The number of nitrogens with zero attached hydrogens (tertiary/aromatic N) is 3. The first-order valence-corrected chi connectivity index (χ1v) is 9.03. The molecule has 2 aliphatic carbocycles. The minimum atomic E-state index is 0.442. The van der Waals surface area contributed by atoms with Crippen LogP contribution in [0.4, 0.5) is 0 Å². The fourth-order valence-corrected chi connectivity index (χ4v) is 5.01. The van der Waals surface area contributed by atoms with E-state index in [0.29, 0.717) is 6.04 Å². The third-order valence-electron chi connectivity index (χ3n) is 5.41. The van der Waals surface area contributed by atoms with Crippen LogP contribution in [-0.4, -0.2) is 21.0 Å². The predicted octanol–water partition coefficient (Wildman–Crippen LogP) is 4.26. The lowest BCUT2D eigenvalue weighted by Crippen LogP contribution is -2.23. The second-order valence-corrected chi connectivity index (χ2v) is 7.21. The van der Waals surface area contributed by atoms with E-state index in [0.717, 1.165) is 34.5 Å². The first kappa shape index (κ1) is 13.4. The molecular formula is C16H21N3OS.